The molecule has 0 spiro atoms. The van der Waals surface area contributed by atoms with Gasteiger partial charge in [0, 0.05) is 16.6 Å². The normalized spacial score (nSPS) is 10.4. The number of hydrogen-bond donors (Lipinski definition) is 1. The third kappa shape index (κ3) is 2.69. The summed E-state index contributed by atoms with van der Waals surface area (Å²) < 4.78 is 3.85. The van der Waals surface area contributed by atoms with Gasteiger partial charge in [-0.2, -0.15) is 0 Å². The van der Waals surface area contributed by atoms with Crippen LogP contribution < -0.4 is 5.32 Å². The molecule has 100 valence electrons. The number of nitrogens with one attached hydrogen (secondary N) is 1. The van der Waals surface area contributed by atoms with Crippen LogP contribution in [-0.4, -0.2) is 20.5 Å². The summed E-state index contributed by atoms with van der Waals surface area (Å²) in [5.74, 6) is -0.321. The van der Waals surface area contributed by atoms with Crippen LogP contribution in [0.1, 0.15) is 10.5 Å². The van der Waals surface area contributed by atoms with Crippen molar-refractivity contribution in [2.75, 3.05) is 5.32 Å². The van der Waals surface area contributed by atoms with Gasteiger partial charge in [0.2, 0.25) is 0 Å². The molecule has 0 unspecified atom stereocenters. The molecular weight excluding hydrogens is 316 g/mol. The lowest BCUT2D eigenvalue weighted by molar-refractivity contribution is 0.102. The monoisotopic (exact) mass is 322 g/mol. The Balaban J connectivity index is 1.90. The maximum atomic E-state index is 12.2. The van der Waals surface area contributed by atoms with Crippen LogP contribution in [0, 0.1) is 0 Å². The van der Waals surface area contributed by atoms with Crippen LogP contribution in [0.5, 0.6) is 0 Å². The molecule has 0 saturated heterocycles. The fourth-order valence-electron chi connectivity index (χ4n) is 1.57. The van der Waals surface area contributed by atoms with Gasteiger partial charge in [-0.05, 0) is 29.2 Å². The van der Waals surface area contributed by atoms with E-state index in [1.165, 1.54) is 22.9 Å². The van der Waals surface area contributed by atoms with E-state index in [0.717, 1.165) is 5.56 Å². The Labute approximate surface area is 127 Å². The van der Waals surface area contributed by atoms with Crippen molar-refractivity contribution in [2.45, 2.75) is 0 Å². The van der Waals surface area contributed by atoms with Crippen molar-refractivity contribution in [1.82, 2.24) is 14.6 Å². The van der Waals surface area contributed by atoms with Gasteiger partial charge in [-0.15, -0.1) is 16.4 Å². The van der Waals surface area contributed by atoms with Crippen LogP contribution in [0.4, 0.5) is 5.13 Å². The summed E-state index contributed by atoms with van der Waals surface area (Å²) in [7, 11) is 0. The van der Waals surface area contributed by atoms with Crippen LogP contribution in [0.2, 0.25) is 5.02 Å². The lowest BCUT2D eigenvalue weighted by Crippen LogP contribution is -2.13. The highest BCUT2D eigenvalue weighted by molar-refractivity contribution is 7.13. The molecule has 0 bridgehead atoms. The third-order valence-corrected chi connectivity index (χ3v) is 4.18. The van der Waals surface area contributed by atoms with Crippen molar-refractivity contribution < 1.29 is 4.79 Å². The van der Waals surface area contributed by atoms with Crippen LogP contribution in [0.3, 0.4) is 0 Å². The molecule has 0 atom stereocenters. The highest BCUT2D eigenvalue weighted by Crippen LogP contribution is 2.28. The van der Waals surface area contributed by atoms with E-state index < -0.39 is 0 Å². The number of hydrogen-bond acceptors (Lipinski definition) is 6. The first-order valence-corrected chi connectivity index (χ1v) is 7.56. The van der Waals surface area contributed by atoms with Crippen molar-refractivity contribution >= 4 is 45.5 Å². The molecule has 0 fully saturated rings. The zero-order valence-electron chi connectivity index (χ0n) is 9.91. The first kappa shape index (κ1) is 13.2. The van der Waals surface area contributed by atoms with E-state index in [4.69, 9.17) is 11.6 Å². The molecule has 2 heterocycles. The molecule has 1 N–H and O–H groups in total. The zero-order valence-corrected chi connectivity index (χ0v) is 12.3. The number of halogens is 1. The van der Waals surface area contributed by atoms with Crippen molar-refractivity contribution in [3.8, 4) is 10.4 Å². The van der Waals surface area contributed by atoms with Crippen LogP contribution in [0.25, 0.3) is 10.4 Å². The van der Waals surface area contributed by atoms with Gasteiger partial charge >= 0.3 is 0 Å². The van der Waals surface area contributed by atoms with Gasteiger partial charge in [-0.1, -0.05) is 28.2 Å². The molecular formula is C12H7ClN4OS2. The summed E-state index contributed by atoms with van der Waals surface area (Å²) in [4.78, 5) is 16.9. The van der Waals surface area contributed by atoms with Gasteiger partial charge in [0.1, 0.15) is 0 Å². The third-order valence-electron chi connectivity index (χ3n) is 2.46. The van der Waals surface area contributed by atoms with E-state index in [1.54, 1.807) is 23.7 Å². The van der Waals surface area contributed by atoms with Crippen LogP contribution >= 0.6 is 34.5 Å². The van der Waals surface area contributed by atoms with Gasteiger partial charge in [-0.25, -0.2) is 4.98 Å². The summed E-state index contributed by atoms with van der Waals surface area (Å²) in [5, 5.41) is 9.55. The number of nitrogens with zero attached hydrogens (tertiary/aromatic N) is 3. The van der Waals surface area contributed by atoms with Crippen LogP contribution in [-0.2, 0) is 0 Å². The Morgan fingerprint density at radius 1 is 1.25 bits per heavy atom. The Morgan fingerprint density at radius 3 is 2.75 bits per heavy atom. The van der Waals surface area contributed by atoms with E-state index in [0.29, 0.717) is 15.0 Å². The maximum absolute atomic E-state index is 12.2. The van der Waals surface area contributed by atoms with E-state index in [-0.39, 0.29) is 11.6 Å². The molecule has 20 heavy (non-hydrogen) atoms. The maximum Gasteiger partial charge on any atom is 0.279 e. The Hall–Kier alpha value is -1.83. The summed E-state index contributed by atoms with van der Waals surface area (Å²) in [6, 6.07) is 7.19. The molecule has 0 radical (unpaired) electrons. The summed E-state index contributed by atoms with van der Waals surface area (Å²) >= 11 is 8.37. The van der Waals surface area contributed by atoms with E-state index in [1.807, 2.05) is 12.1 Å². The first-order chi connectivity index (χ1) is 9.74. The molecule has 0 aliphatic carbocycles. The predicted octanol–water partition coefficient (Wildman–Crippen LogP) is 3.57. The number of aromatic nitrogens is 3. The number of carbonyl (C=O) groups excluding carboxylic acids is 1. The molecule has 1 aromatic carbocycles. The predicted molar refractivity (Wildman–Crippen MR) is 80.4 cm³/mol. The van der Waals surface area contributed by atoms with Crippen molar-refractivity contribution in [3.05, 3.63) is 46.6 Å². The molecule has 0 aliphatic rings. The minimum absolute atomic E-state index is 0.285. The zero-order chi connectivity index (χ0) is 13.9. The molecule has 0 saturated carbocycles. The van der Waals surface area contributed by atoms with E-state index >= 15 is 0 Å². The van der Waals surface area contributed by atoms with Crippen molar-refractivity contribution in [1.29, 1.82) is 0 Å². The highest BCUT2D eigenvalue weighted by atomic mass is 35.5. The van der Waals surface area contributed by atoms with Crippen LogP contribution in [0.15, 0.2) is 35.8 Å². The second kappa shape index (κ2) is 5.66. The molecule has 2 aromatic heterocycles. The smallest absolute Gasteiger partial charge is 0.279 e. The lowest BCUT2D eigenvalue weighted by Gasteiger charge is -2.01. The number of carbonyl (C=O) groups is 1. The van der Waals surface area contributed by atoms with Gasteiger partial charge < -0.3 is 0 Å². The van der Waals surface area contributed by atoms with Gasteiger partial charge in [-0.3, -0.25) is 10.1 Å². The number of benzene rings is 1. The lowest BCUT2D eigenvalue weighted by atomic mass is 10.1. The second-order valence-electron chi connectivity index (χ2n) is 3.75. The summed E-state index contributed by atoms with van der Waals surface area (Å²) in [6.45, 7) is 0. The average molecular weight is 323 g/mol. The van der Waals surface area contributed by atoms with E-state index in [9.17, 15) is 4.79 Å². The minimum Gasteiger partial charge on any atom is -0.296 e. The number of anilines is 1. The second-order valence-corrected chi connectivity index (χ2v) is 5.83. The minimum atomic E-state index is -0.321. The molecule has 8 heteroatoms. The number of thiazole rings is 1. The average Bonchev–Trinajstić information content (AvgIpc) is 3.10. The molecule has 1 amide bonds. The highest BCUT2D eigenvalue weighted by Gasteiger charge is 2.18. The summed E-state index contributed by atoms with van der Waals surface area (Å²) in [5.41, 5.74) is 1.14. The summed E-state index contributed by atoms with van der Waals surface area (Å²) in [6.07, 6.45) is 1.62. The van der Waals surface area contributed by atoms with Gasteiger partial charge in [0.05, 0.1) is 4.88 Å². The molecule has 5 nitrogen and oxygen atoms in total. The van der Waals surface area contributed by atoms with Crippen molar-refractivity contribution in [3.63, 3.8) is 0 Å². The van der Waals surface area contributed by atoms with Gasteiger partial charge in [0.25, 0.3) is 5.91 Å². The standard InChI is InChI=1S/C12H7ClN4OS2/c13-8-3-1-7(2-4-8)10-9(16-17-20-10)11(18)15-12-14-5-6-19-12/h1-6H,(H,14,15,18). The number of rotatable bonds is 3. The SMILES string of the molecule is O=C(Nc1nccs1)c1nnsc1-c1ccc(Cl)cc1. The quantitative estimate of drug-likeness (QED) is 0.800. The topological polar surface area (TPSA) is 67.8 Å². The Bertz CT molecular complexity index is 724. The molecule has 3 rings (SSSR count). The Morgan fingerprint density at radius 2 is 2.05 bits per heavy atom. The van der Waals surface area contributed by atoms with Crippen molar-refractivity contribution in [2.24, 2.45) is 0 Å². The van der Waals surface area contributed by atoms with Gasteiger partial charge in [0.15, 0.2) is 10.8 Å². The first-order valence-electron chi connectivity index (χ1n) is 5.53. The molecule has 0 aliphatic heterocycles. The number of amides is 1. The fraction of sp³-hybridized carbons (Fsp3) is 0. The fourth-order valence-corrected chi connectivity index (χ4v) is 2.89. The Kier molecular flexibility index (Phi) is 3.72. The van der Waals surface area contributed by atoms with E-state index in [2.05, 4.69) is 19.9 Å². The molecule has 3 aromatic rings. The largest absolute Gasteiger partial charge is 0.296 e.